The molecule has 6 heteroatoms. The van der Waals surface area contributed by atoms with Gasteiger partial charge in [-0.1, -0.05) is 13.3 Å². The molecule has 0 radical (unpaired) electrons. The van der Waals surface area contributed by atoms with Crippen LogP contribution in [-0.2, 0) is 7.05 Å². The summed E-state index contributed by atoms with van der Waals surface area (Å²) in [6.07, 6.45) is 6.08. The van der Waals surface area contributed by atoms with E-state index >= 15 is 0 Å². The van der Waals surface area contributed by atoms with Gasteiger partial charge < -0.3 is 15.2 Å². The molecule has 2 atom stereocenters. The van der Waals surface area contributed by atoms with Crippen LogP contribution in [0.1, 0.15) is 32.6 Å². The molecule has 116 valence electrons. The molecule has 1 saturated carbocycles. The molecule has 0 aliphatic heterocycles. The van der Waals surface area contributed by atoms with Gasteiger partial charge in [-0.2, -0.15) is 11.8 Å². The molecule has 21 heavy (non-hydrogen) atoms. The topological polar surface area (TPSA) is 63.1 Å². The van der Waals surface area contributed by atoms with E-state index in [1.807, 2.05) is 11.8 Å². The third kappa shape index (κ3) is 4.52. The van der Waals surface area contributed by atoms with Crippen LogP contribution in [0.5, 0.6) is 0 Å². The number of anilines is 1. The van der Waals surface area contributed by atoms with Crippen molar-refractivity contribution in [1.82, 2.24) is 9.88 Å². The molecule has 1 aliphatic carbocycles. The van der Waals surface area contributed by atoms with E-state index in [9.17, 15) is 9.59 Å². The molecule has 0 aromatic carbocycles. The molecule has 1 fully saturated rings. The zero-order chi connectivity index (χ0) is 15.2. The average Bonchev–Trinajstić information content (AvgIpc) is 2.44. The number of nitrogens with one attached hydrogen (secondary N) is 2. The van der Waals surface area contributed by atoms with Crippen LogP contribution < -0.4 is 16.2 Å². The quantitative estimate of drug-likeness (QED) is 0.898. The molecule has 1 aromatic rings. The SMILES string of the molecule is CCS[C@H]1CCC[C@@H](NC(=O)Nc2cccn(C)c2=O)C1. The number of urea groups is 1. The van der Waals surface area contributed by atoms with Gasteiger partial charge in [0.05, 0.1) is 0 Å². The van der Waals surface area contributed by atoms with Crippen molar-refractivity contribution in [2.24, 2.45) is 7.05 Å². The van der Waals surface area contributed by atoms with E-state index < -0.39 is 0 Å². The molecule has 2 amide bonds. The van der Waals surface area contributed by atoms with Gasteiger partial charge in [0.2, 0.25) is 0 Å². The molecular weight excluding hydrogens is 286 g/mol. The average molecular weight is 309 g/mol. The summed E-state index contributed by atoms with van der Waals surface area (Å²) in [5, 5.41) is 6.28. The largest absolute Gasteiger partial charge is 0.335 e. The van der Waals surface area contributed by atoms with E-state index in [0.717, 1.165) is 25.0 Å². The van der Waals surface area contributed by atoms with Crippen LogP contribution in [0.15, 0.2) is 23.1 Å². The molecule has 1 heterocycles. The molecule has 0 bridgehead atoms. The van der Waals surface area contributed by atoms with Gasteiger partial charge >= 0.3 is 6.03 Å². The maximum atomic E-state index is 12.0. The molecule has 1 aromatic heterocycles. The van der Waals surface area contributed by atoms with Crippen molar-refractivity contribution in [2.45, 2.75) is 43.9 Å². The monoisotopic (exact) mass is 309 g/mol. The second-order valence-electron chi connectivity index (χ2n) is 5.38. The van der Waals surface area contributed by atoms with E-state index in [-0.39, 0.29) is 17.6 Å². The van der Waals surface area contributed by atoms with Crippen LogP contribution in [0.3, 0.4) is 0 Å². The lowest BCUT2D eigenvalue weighted by Gasteiger charge is -2.29. The minimum absolute atomic E-state index is 0.198. The standard InChI is InChI=1S/C15H23N3O2S/c1-3-21-12-7-4-6-11(10-12)16-15(20)17-13-8-5-9-18(2)14(13)19/h5,8-9,11-12H,3-4,6-7,10H2,1-2H3,(H2,16,17,20)/t11-,12+/m1/s1. The number of rotatable bonds is 4. The fourth-order valence-corrected chi connectivity index (χ4v) is 3.87. The first kappa shape index (κ1) is 15.9. The van der Waals surface area contributed by atoms with Gasteiger partial charge in [-0.05, 0) is 37.1 Å². The first-order valence-electron chi connectivity index (χ1n) is 7.45. The van der Waals surface area contributed by atoms with E-state index in [4.69, 9.17) is 0 Å². The first-order valence-corrected chi connectivity index (χ1v) is 8.49. The number of aromatic nitrogens is 1. The van der Waals surface area contributed by atoms with E-state index in [2.05, 4.69) is 17.6 Å². The summed E-state index contributed by atoms with van der Waals surface area (Å²) in [6, 6.07) is 3.28. The van der Waals surface area contributed by atoms with Crippen molar-refractivity contribution in [1.29, 1.82) is 0 Å². The number of aryl methyl sites for hydroxylation is 1. The third-order valence-corrected chi connectivity index (χ3v) is 4.97. The molecule has 1 aliphatic rings. The highest BCUT2D eigenvalue weighted by Crippen LogP contribution is 2.28. The summed E-state index contributed by atoms with van der Waals surface area (Å²) < 4.78 is 1.45. The van der Waals surface area contributed by atoms with Crippen LogP contribution in [0.25, 0.3) is 0 Å². The third-order valence-electron chi connectivity index (χ3n) is 3.74. The van der Waals surface area contributed by atoms with Crippen molar-refractivity contribution in [2.75, 3.05) is 11.1 Å². The molecule has 2 rings (SSSR count). The number of nitrogens with zero attached hydrogens (tertiary/aromatic N) is 1. The second kappa shape index (κ2) is 7.54. The van der Waals surface area contributed by atoms with Gasteiger partial charge in [-0.15, -0.1) is 0 Å². The van der Waals surface area contributed by atoms with Crippen molar-refractivity contribution in [3.8, 4) is 0 Å². The van der Waals surface area contributed by atoms with Gasteiger partial charge in [0.1, 0.15) is 5.69 Å². The Balaban J connectivity index is 1.89. The molecule has 5 nitrogen and oxygen atoms in total. The number of carbonyl (C=O) groups excluding carboxylic acids is 1. The van der Waals surface area contributed by atoms with Crippen LogP contribution in [0.2, 0.25) is 0 Å². The van der Waals surface area contributed by atoms with Gasteiger partial charge in [0, 0.05) is 24.5 Å². The number of amides is 2. The molecular formula is C15H23N3O2S. The smallest absolute Gasteiger partial charge is 0.319 e. The molecule has 0 saturated heterocycles. The Labute approximate surface area is 129 Å². The minimum Gasteiger partial charge on any atom is -0.335 e. The molecule has 2 N–H and O–H groups in total. The summed E-state index contributed by atoms with van der Waals surface area (Å²) in [7, 11) is 1.67. The highest BCUT2D eigenvalue weighted by molar-refractivity contribution is 7.99. The number of carbonyl (C=O) groups is 1. The van der Waals surface area contributed by atoms with Crippen LogP contribution in [-0.4, -0.2) is 27.6 Å². The fraction of sp³-hybridized carbons (Fsp3) is 0.600. The number of hydrogen-bond donors (Lipinski definition) is 2. The first-order chi connectivity index (χ1) is 10.1. The van der Waals surface area contributed by atoms with Crippen molar-refractivity contribution in [3.63, 3.8) is 0 Å². The highest BCUT2D eigenvalue weighted by Gasteiger charge is 2.23. The molecule has 0 unspecified atom stereocenters. The lowest BCUT2D eigenvalue weighted by atomic mass is 9.95. The Bertz CT molecular complexity index is 542. The molecule has 0 spiro atoms. The van der Waals surface area contributed by atoms with E-state index in [0.29, 0.717) is 10.9 Å². The second-order valence-corrected chi connectivity index (χ2v) is 6.95. The Morgan fingerprint density at radius 3 is 3.05 bits per heavy atom. The number of pyridine rings is 1. The Morgan fingerprint density at radius 1 is 1.48 bits per heavy atom. The predicted octanol–water partition coefficient (Wildman–Crippen LogP) is 2.57. The zero-order valence-corrected chi connectivity index (χ0v) is 13.4. The van der Waals surface area contributed by atoms with Crippen LogP contribution in [0.4, 0.5) is 10.5 Å². The summed E-state index contributed by atoms with van der Waals surface area (Å²) in [5.74, 6) is 1.11. The lowest BCUT2D eigenvalue weighted by Crippen LogP contribution is -2.42. The lowest BCUT2D eigenvalue weighted by molar-refractivity contribution is 0.244. The highest BCUT2D eigenvalue weighted by atomic mass is 32.2. The van der Waals surface area contributed by atoms with Crippen LogP contribution >= 0.6 is 11.8 Å². The minimum atomic E-state index is -0.287. The maximum absolute atomic E-state index is 12.0. The number of thioether (sulfide) groups is 1. The van der Waals surface area contributed by atoms with E-state index in [1.165, 1.54) is 11.0 Å². The Morgan fingerprint density at radius 2 is 2.29 bits per heavy atom. The Kier molecular flexibility index (Phi) is 5.73. The Hall–Kier alpha value is -1.43. The van der Waals surface area contributed by atoms with Crippen molar-refractivity contribution >= 4 is 23.5 Å². The fourth-order valence-electron chi connectivity index (χ4n) is 2.70. The number of hydrogen-bond acceptors (Lipinski definition) is 3. The zero-order valence-electron chi connectivity index (χ0n) is 12.6. The van der Waals surface area contributed by atoms with Crippen molar-refractivity contribution < 1.29 is 4.79 Å². The maximum Gasteiger partial charge on any atom is 0.319 e. The summed E-state index contributed by atoms with van der Waals surface area (Å²) in [5.41, 5.74) is 0.114. The van der Waals surface area contributed by atoms with Crippen LogP contribution in [0, 0.1) is 0 Å². The summed E-state index contributed by atoms with van der Waals surface area (Å²) in [6.45, 7) is 2.17. The van der Waals surface area contributed by atoms with Gasteiger partial charge in [0.15, 0.2) is 0 Å². The van der Waals surface area contributed by atoms with Gasteiger partial charge in [-0.25, -0.2) is 4.79 Å². The van der Waals surface area contributed by atoms with E-state index in [1.54, 1.807) is 25.4 Å². The van der Waals surface area contributed by atoms with Gasteiger partial charge in [-0.3, -0.25) is 4.79 Å². The summed E-state index contributed by atoms with van der Waals surface area (Å²) in [4.78, 5) is 23.9. The predicted molar refractivity (Wildman–Crippen MR) is 88.0 cm³/mol. The summed E-state index contributed by atoms with van der Waals surface area (Å²) >= 11 is 1.97. The van der Waals surface area contributed by atoms with Crippen molar-refractivity contribution in [3.05, 3.63) is 28.7 Å². The van der Waals surface area contributed by atoms with Gasteiger partial charge in [0.25, 0.3) is 5.56 Å². The normalized spacial score (nSPS) is 21.8.